The number of hydrogen-bond acceptors (Lipinski definition) is 7. The minimum absolute atomic E-state index is 0.144. The summed E-state index contributed by atoms with van der Waals surface area (Å²) in [6, 6.07) is 13.0. The fraction of sp³-hybridized carbons (Fsp3) is 0.286. The van der Waals surface area contributed by atoms with Crippen LogP contribution in [0.3, 0.4) is 0 Å². The zero-order valence-electron chi connectivity index (χ0n) is 21.6. The van der Waals surface area contributed by atoms with Crippen LogP contribution in [0, 0.1) is 11.3 Å². The van der Waals surface area contributed by atoms with Gasteiger partial charge < -0.3 is 18.8 Å². The van der Waals surface area contributed by atoms with E-state index in [0.29, 0.717) is 16.8 Å². The van der Waals surface area contributed by atoms with E-state index >= 15 is 0 Å². The number of nitriles is 1. The Bertz CT molecular complexity index is 1710. The van der Waals surface area contributed by atoms with E-state index in [4.69, 9.17) is 4.42 Å². The van der Waals surface area contributed by atoms with Crippen molar-refractivity contribution in [2.45, 2.75) is 45.9 Å². The number of alkyl halides is 2. The third kappa shape index (κ3) is 4.81. The van der Waals surface area contributed by atoms with Gasteiger partial charge in [-0.3, -0.25) is 9.59 Å². The lowest BCUT2D eigenvalue weighted by Crippen LogP contribution is -2.37. The maximum absolute atomic E-state index is 13.5. The molecule has 0 atom stereocenters. The molecule has 4 aromatic rings. The summed E-state index contributed by atoms with van der Waals surface area (Å²) in [6.07, 6.45) is -2.42. The van der Waals surface area contributed by atoms with Crippen molar-refractivity contribution in [3.05, 3.63) is 70.2 Å². The summed E-state index contributed by atoms with van der Waals surface area (Å²) in [4.78, 5) is 27.9. The summed E-state index contributed by atoms with van der Waals surface area (Å²) in [5.74, 6) is -0.852. The van der Waals surface area contributed by atoms with Crippen molar-refractivity contribution in [1.29, 1.82) is 5.26 Å². The Hall–Kier alpha value is -4.72. The minimum atomic E-state index is -3.79. The highest BCUT2D eigenvalue weighted by Gasteiger charge is 2.43. The maximum Gasteiger partial charge on any atom is 0.586 e. The standard InChI is InChI=1S/C28H24F2N4O5/c1-5-33(19-6-7-21-22(13-19)39-28(29,30)38-21)23(35)15-34-26(36)20-8-9-37-25(20)24(32-34)17-10-16(14-31)11-18(12-17)27(2,3)4/h6-13H,5,15H2,1-4H3. The monoisotopic (exact) mass is 534 g/mol. The molecule has 3 heterocycles. The van der Waals surface area contributed by atoms with Crippen molar-refractivity contribution in [3.8, 4) is 28.8 Å². The molecule has 200 valence electrons. The van der Waals surface area contributed by atoms with Gasteiger partial charge >= 0.3 is 6.29 Å². The van der Waals surface area contributed by atoms with Gasteiger partial charge in [0.05, 0.1) is 23.3 Å². The highest BCUT2D eigenvalue weighted by Crippen LogP contribution is 2.43. The van der Waals surface area contributed by atoms with Crippen LogP contribution in [0.1, 0.15) is 38.8 Å². The summed E-state index contributed by atoms with van der Waals surface area (Å²) in [7, 11) is 0. The van der Waals surface area contributed by atoms with Crippen LogP contribution < -0.4 is 19.9 Å². The minimum Gasteiger partial charge on any atom is -0.462 e. The average molecular weight is 535 g/mol. The van der Waals surface area contributed by atoms with Gasteiger partial charge in [0, 0.05) is 23.9 Å². The van der Waals surface area contributed by atoms with Gasteiger partial charge in [-0.05, 0) is 54.3 Å². The van der Waals surface area contributed by atoms with E-state index in [1.54, 1.807) is 19.1 Å². The number of rotatable bonds is 5. The Morgan fingerprint density at radius 2 is 1.87 bits per heavy atom. The first kappa shape index (κ1) is 25.9. The van der Waals surface area contributed by atoms with Crippen LogP contribution in [-0.2, 0) is 16.8 Å². The van der Waals surface area contributed by atoms with Gasteiger partial charge in [-0.25, -0.2) is 4.68 Å². The van der Waals surface area contributed by atoms with Crippen molar-refractivity contribution in [3.63, 3.8) is 0 Å². The van der Waals surface area contributed by atoms with Crippen LogP contribution >= 0.6 is 0 Å². The second kappa shape index (κ2) is 9.23. The van der Waals surface area contributed by atoms with Crippen LogP contribution in [0.4, 0.5) is 14.5 Å². The van der Waals surface area contributed by atoms with Gasteiger partial charge in [0.1, 0.15) is 12.2 Å². The van der Waals surface area contributed by atoms with E-state index in [-0.39, 0.29) is 40.1 Å². The van der Waals surface area contributed by atoms with Crippen molar-refractivity contribution < 1.29 is 27.5 Å². The smallest absolute Gasteiger partial charge is 0.462 e. The number of halogens is 2. The van der Waals surface area contributed by atoms with Gasteiger partial charge in [-0.15, -0.1) is 8.78 Å². The Kier molecular flexibility index (Phi) is 6.13. The first-order valence-corrected chi connectivity index (χ1v) is 12.1. The zero-order chi connectivity index (χ0) is 28.1. The quantitative estimate of drug-likeness (QED) is 0.346. The molecular formula is C28H24F2N4O5. The number of carbonyl (C=O) groups excluding carboxylic acids is 1. The molecule has 9 nitrogen and oxygen atoms in total. The van der Waals surface area contributed by atoms with Crippen molar-refractivity contribution >= 4 is 22.6 Å². The van der Waals surface area contributed by atoms with E-state index in [1.807, 2.05) is 26.8 Å². The summed E-state index contributed by atoms with van der Waals surface area (Å²) in [6.45, 7) is 7.50. The molecule has 5 rings (SSSR count). The number of likely N-dealkylation sites (N-methyl/N-ethyl adjacent to an activating group) is 1. The Labute approximate surface area is 221 Å². The molecule has 0 bridgehead atoms. The zero-order valence-corrected chi connectivity index (χ0v) is 21.6. The number of amides is 1. The topological polar surface area (TPSA) is 111 Å². The van der Waals surface area contributed by atoms with E-state index in [0.717, 1.165) is 10.2 Å². The number of ether oxygens (including phenoxy) is 2. The lowest BCUT2D eigenvalue weighted by Gasteiger charge is -2.22. The first-order valence-electron chi connectivity index (χ1n) is 12.1. The molecule has 0 radical (unpaired) electrons. The van der Waals surface area contributed by atoms with Crippen molar-refractivity contribution in [2.24, 2.45) is 0 Å². The Balaban J connectivity index is 1.55. The molecule has 1 aliphatic heterocycles. The van der Waals surface area contributed by atoms with Crippen LogP contribution in [-0.4, -0.2) is 28.5 Å². The molecule has 2 aromatic heterocycles. The van der Waals surface area contributed by atoms with E-state index in [2.05, 4.69) is 20.6 Å². The number of furan rings is 1. The predicted molar refractivity (Wildman–Crippen MR) is 138 cm³/mol. The van der Waals surface area contributed by atoms with Crippen LogP contribution in [0.2, 0.25) is 0 Å². The number of carbonyl (C=O) groups is 1. The number of fused-ring (bicyclic) bond motifs is 2. The fourth-order valence-electron chi connectivity index (χ4n) is 4.39. The van der Waals surface area contributed by atoms with E-state index < -0.39 is 24.3 Å². The molecule has 0 N–H and O–H groups in total. The third-order valence-electron chi connectivity index (χ3n) is 6.37. The number of benzene rings is 2. The SMILES string of the molecule is CCN(C(=O)Cn1nc(-c2cc(C#N)cc(C(C)(C)C)c2)c2occc2c1=O)c1ccc2c(c1)OC(F)(F)O2. The summed E-state index contributed by atoms with van der Waals surface area (Å²) in [5.41, 5.74) is 1.88. The molecule has 0 spiro atoms. The van der Waals surface area contributed by atoms with E-state index in [1.165, 1.54) is 35.4 Å². The van der Waals surface area contributed by atoms with Crippen LogP contribution in [0.5, 0.6) is 11.5 Å². The van der Waals surface area contributed by atoms with Crippen LogP contribution in [0.25, 0.3) is 22.2 Å². The maximum atomic E-state index is 13.5. The summed E-state index contributed by atoms with van der Waals surface area (Å²) < 4.78 is 42.5. The highest BCUT2D eigenvalue weighted by atomic mass is 19.3. The predicted octanol–water partition coefficient (Wildman–Crippen LogP) is 5.20. The Morgan fingerprint density at radius 1 is 1.13 bits per heavy atom. The van der Waals surface area contributed by atoms with Gasteiger partial charge in [-0.2, -0.15) is 10.4 Å². The first-order chi connectivity index (χ1) is 18.4. The van der Waals surface area contributed by atoms with Crippen molar-refractivity contribution in [2.75, 3.05) is 11.4 Å². The molecule has 0 unspecified atom stereocenters. The molecule has 0 aliphatic carbocycles. The van der Waals surface area contributed by atoms with Gasteiger partial charge in [0.15, 0.2) is 17.1 Å². The molecular weight excluding hydrogens is 510 g/mol. The molecule has 0 saturated heterocycles. The van der Waals surface area contributed by atoms with Crippen molar-refractivity contribution in [1.82, 2.24) is 9.78 Å². The van der Waals surface area contributed by atoms with Gasteiger partial charge in [0.2, 0.25) is 5.91 Å². The lowest BCUT2D eigenvalue weighted by atomic mass is 9.84. The molecule has 1 aliphatic rings. The number of aromatic nitrogens is 2. The summed E-state index contributed by atoms with van der Waals surface area (Å²) in [5, 5.41) is 14.3. The molecule has 0 fully saturated rings. The third-order valence-corrected chi connectivity index (χ3v) is 6.37. The van der Waals surface area contributed by atoms with Gasteiger partial charge in [0.25, 0.3) is 5.56 Å². The Morgan fingerprint density at radius 3 is 2.56 bits per heavy atom. The average Bonchev–Trinajstić information content (AvgIpc) is 3.48. The lowest BCUT2D eigenvalue weighted by molar-refractivity contribution is -0.286. The number of anilines is 1. The molecule has 39 heavy (non-hydrogen) atoms. The molecule has 0 saturated carbocycles. The molecule has 11 heteroatoms. The van der Waals surface area contributed by atoms with E-state index in [9.17, 15) is 23.6 Å². The highest BCUT2D eigenvalue weighted by molar-refractivity contribution is 5.94. The number of nitrogens with zero attached hydrogens (tertiary/aromatic N) is 4. The largest absolute Gasteiger partial charge is 0.586 e. The second-order valence-corrected chi connectivity index (χ2v) is 10.1. The summed E-state index contributed by atoms with van der Waals surface area (Å²) >= 11 is 0. The van der Waals surface area contributed by atoms with Gasteiger partial charge in [-0.1, -0.05) is 20.8 Å². The second-order valence-electron chi connectivity index (χ2n) is 10.1. The molecule has 2 aromatic carbocycles. The fourth-order valence-corrected chi connectivity index (χ4v) is 4.39. The molecule has 1 amide bonds. The normalized spacial score (nSPS) is 13.9. The van der Waals surface area contributed by atoms with Crippen LogP contribution in [0.15, 0.2) is 57.9 Å². The number of hydrogen-bond donors (Lipinski definition) is 0.